The third-order valence-electron chi connectivity index (χ3n) is 6.28. The van der Waals surface area contributed by atoms with Gasteiger partial charge in [0.05, 0.1) is 12.5 Å². The molecule has 1 saturated heterocycles. The van der Waals surface area contributed by atoms with Crippen LogP contribution in [0.5, 0.6) is 0 Å². The first-order valence-electron chi connectivity index (χ1n) is 11.5. The number of piperazine rings is 1. The van der Waals surface area contributed by atoms with Crippen LogP contribution in [0.25, 0.3) is 0 Å². The molecule has 1 aliphatic rings. The van der Waals surface area contributed by atoms with Gasteiger partial charge in [-0.3, -0.25) is 9.69 Å². The van der Waals surface area contributed by atoms with E-state index in [0.717, 1.165) is 41.9 Å². The molecular formula is C26H28ClN5O2. The second-order valence-electron chi connectivity index (χ2n) is 8.72. The number of nitriles is 1. The predicted octanol–water partition coefficient (Wildman–Crippen LogP) is 4.42. The van der Waals surface area contributed by atoms with Crippen molar-refractivity contribution >= 4 is 17.5 Å². The van der Waals surface area contributed by atoms with Gasteiger partial charge in [0.1, 0.15) is 0 Å². The second-order valence-corrected chi connectivity index (χ2v) is 9.16. The first-order valence-corrected chi connectivity index (χ1v) is 11.9. The molecule has 7 nitrogen and oxygen atoms in total. The van der Waals surface area contributed by atoms with Gasteiger partial charge >= 0.3 is 0 Å². The summed E-state index contributed by atoms with van der Waals surface area (Å²) in [5, 5.41) is 17.6. The topological polar surface area (TPSA) is 86.3 Å². The first kappa shape index (κ1) is 23.9. The Hall–Kier alpha value is -3.21. The first-order chi connectivity index (χ1) is 16.4. The summed E-state index contributed by atoms with van der Waals surface area (Å²) in [6.07, 6.45) is 1.31. The van der Waals surface area contributed by atoms with Crippen molar-refractivity contribution in [3.63, 3.8) is 0 Å². The molecule has 176 valence electrons. The molecule has 0 radical (unpaired) electrons. The van der Waals surface area contributed by atoms with Crippen molar-refractivity contribution in [3.05, 3.63) is 81.5 Å². The zero-order valence-electron chi connectivity index (χ0n) is 19.5. The minimum absolute atomic E-state index is 0.0858. The standard InChI is InChI=1S/C26H28ClN5O2/c1-18-16-31(11-12-32(18)26(33)20-7-4-3-5-8-20)17-22-14-23(27)13-21(19(22)2)15-25-30-29-24(34-25)9-6-10-28/h3-5,7-8,13-14,18H,6,9,11-12,15-17H2,1-2H3/t18-/m0/s1. The minimum atomic E-state index is 0.0858. The van der Waals surface area contributed by atoms with Crippen molar-refractivity contribution in [2.45, 2.75) is 45.7 Å². The lowest BCUT2D eigenvalue weighted by molar-refractivity contribution is 0.0475. The van der Waals surface area contributed by atoms with E-state index < -0.39 is 0 Å². The van der Waals surface area contributed by atoms with Crippen LogP contribution in [0.3, 0.4) is 0 Å². The van der Waals surface area contributed by atoms with Crippen LogP contribution < -0.4 is 0 Å². The van der Waals surface area contributed by atoms with Crippen molar-refractivity contribution in [1.82, 2.24) is 20.0 Å². The number of hydrogen-bond donors (Lipinski definition) is 0. The molecule has 1 fully saturated rings. The summed E-state index contributed by atoms with van der Waals surface area (Å²) in [4.78, 5) is 17.2. The Kier molecular flexibility index (Phi) is 7.61. The molecule has 1 aromatic heterocycles. The number of carbonyl (C=O) groups excluding carboxylic acids is 1. The van der Waals surface area contributed by atoms with Crippen LogP contribution in [0.1, 0.15) is 52.2 Å². The fourth-order valence-corrected chi connectivity index (χ4v) is 4.66. The third-order valence-corrected chi connectivity index (χ3v) is 6.49. The predicted molar refractivity (Wildman–Crippen MR) is 129 cm³/mol. The normalized spacial score (nSPS) is 16.4. The lowest BCUT2D eigenvalue weighted by atomic mass is 9.99. The number of amides is 1. The molecule has 0 saturated carbocycles. The van der Waals surface area contributed by atoms with Crippen LogP contribution in [-0.2, 0) is 19.4 Å². The molecule has 1 atom stereocenters. The number of carbonyl (C=O) groups is 1. The Morgan fingerprint density at radius 1 is 1.18 bits per heavy atom. The zero-order valence-corrected chi connectivity index (χ0v) is 20.3. The average Bonchev–Trinajstić information content (AvgIpc) is 3.28. The highest BCUT2D eigenvalue weighted by Gasteiger charge is 2.28. The van der Waals surface area contributed by atoms with Gasteiger partial charge in [-0.2, -0.15) is 5.26 Å². The van der Waals surface area contributed by atoms with Gasteiger partial charge in [0.25, 0.3) is 5.91 Å². The molecule has 1 aliphatic heterocycles. The molecule has 2 aromatic carbocycles. The summed E-state index contributed by atoms with van der Waals surface area (Å²) < 4.78 is 5.69. The number of aromatic nitrogens is 2. The minimum Gasteiger partial charge on any atom is -0.425 e. The number of aryl methyl sites for hydroxylation is 1. The summed E-state index contributed by atoms with van der Waals surface area (Å²) in [7, 11) is 0. The largest absolute Gasteiger partial charge is 0.425 e. The highest BCUT2D eigenvalue weighted by molar-refractivity contribution is 6.30. The molecule has 0 spiro atoms. The smallest absolute Gasteiger partial charge is 0.254 e. The maximum absolute atomic E-state index is 12.9. The van der Waals surface area contributed by atoms with E-state index in [1.54, 1.807) is 0 Å². The summed E-state index contributed by atoms with van der Waals surface area (Å²) in [6.45, 7) is 7.24. The molecule has 0 N–H and O–H groups in total. The SMILES string of the molecule is Cc1c(Cc2nnc(CCC#N)o2)cc(Cl)cc1CN1CCN(C(=O)c2ccccc2)[C@@H](C)C1. The molecule has 4 rings (SSSR count). The van der Waals surface area contributed by atoms with Gasteiger partial charge in [0.2, 0.25) is 11.8 Å². The van der Waals surface area contributed by atoms with Gasteiger partial charge in [-0.15, -0.1) is 10.2 Å². The van der Waals surface area contributed by atoms with E-state index in [4.69, 9.17) is 21.3 Å². The third kappa shape index (κ3) is 5.64. The number of nitrogens with zero attached hydrogens (tertiary/aromatic N) is 5. The Labute approximate surface area is 204 Å². The molecule has 34 heavy (non-hydrogen) atoms. The summed E-state index contributed by atoms with van der Waals surface area (Å²) >= 11 is 6.47. The molecular weight excluding hydrogens is 450 g/mol. The molecule has 0 aliphatic carbocycles. The van der Waals surface area contributed by atoms with E-state index in [2.05, 4.69) is 35.0 Å². The van der Waals surface area contributed by atoms with Gasteiger partial charge in [0.15, 0.2) is 0 Å². The summed E-state index contributed by atoms with van der Waals surface area (Å²) in [5.41, 5.74) is 4.08. The Morgan fingerprint density at radius 3 is 2.65 bits per heavy atom. The molecule has 1 amide bonds. The van der Waals surface area contributed by atoms with Crippen molar-refractivity contribution in [2.24, 2.45) is 0 Å². The summed E-state index contributed by atoms with van der Waals surface area (Å²) in [6, 6.07) is 15.6. The average molecular weight is 478 g/mol. The van der Waals surface area contributed by atoms with Crippen molar-refractivity contribution in [2.75, 3.05) is 19.6 Å². The van der Waals surface area contributed by atoms with Crippen LogP contribution in [0.15, 0.2) is 46.9 Å². The van der Waals surface area contributed by atoms with E-state index >= 15 is 0 Å². The number of hydrogen-bond acceptors (Lipinski definition) is 6. The van der Waals surface area contributed by atoms with Crippen molar-refractivity contribution in [3.8, 4) is 6.07 Å². The van der Waals surface area contributed by atoms with Crippen LogP contribution in [0, 0.1) is 18.3 Å². The Morgan fingerprint density at radius 2 is 1.91 bits per heavy atom. The lowest BCUT2D eigenvalue weighted by Crippen LogP contribution is -2.53. The van der Waals surface area contributed by atoms with E-state index in [1.165, 1.54) is 0 Å². The fourth-order valence-electron chi connectivity index (χ4n) is 4.40. The summed E-state index contributed by atoms with van der Waals surface area (Å²) in [5.74, 6) is 1.09. The van der Waals surface area contributed by atoms with Gasteiger partial charge < -0.3 is 9.32 Å². The van der Waals surface area contributed by atoms with E-state index in [-0.39, 0.29) is 11.9 Å². The second kappa shape index (κ2) is 10.8. The number of rotatable bonds is 7. The highest BCUT2D eigenvalue weighted by Crippen LogP contribution is 2.25. The van der Waals surface area contributed by atoms with Crippen LogP contribution in [-0.4, -0.2) is 51.6 Å². The van der Waals surface area contributed by atoms with Gasteiger partial charge in [-0.25, -0.2) is 0 Å². The van der Waals surface area contributed by atoms with Gasteiger partial charge in [-0.1, -0.05) is 29.8 Å². The van der Waals surface area contributed by atoms with Crippen LogP contribution in [0.4, 0.5) is 0 Å². The number of halogens is 1. The Bertz CT molecular complexity index is 1190. The monoisotopic (exact) mass is 477 g/mol. The van der Waals surface area contributed by atoms with Gasteiger partial charge in [0, 0.05) is 55.6 Å². The van der Waals surface area contributed by atoms with E-state index in [1.807, 2.05) is 47.4 Å². The van der Waals surface area contributed by atoms with E-state index in [0.29, 0.717) is 42.6 Å². The van der Waals surface area contributed by atoms with Crippen LogP contribution in [0.2, 0.25) is 5.02 Å². The molecule has 3 aromatic rings. The maximum Gasteiger partial charge on any atom is 0.254 e. The van der Waals surface area contributed by atoms with Crippen molar-refractivity contribution in [1.29, 1.82) is 5.26 Å². The van der Waals surface area contributed by atoms with Crippen molar-refractivity contribution < 1.29 is 9.21 Å². The van der Waals surface area contributed by atoms with Gasteiger partial charge in [-0.05, 0) is 54.8 Å². The zero-order chi connectivity index (χ0) is 24.1. The fraction of sp³-hybridized carbons (Fsp3) is 0.385. The molecule has 2 heterocycles. The molecule has 0 bridgehead atoms. The number of benzene rings is 2. The Balaban J connectivity index is 1.42. The lowest BCUT2D eigenvalue weighted by Gasteiger charge is -2.40. The molecule has 0 unspecified atom stereocenters. The van der Waals surface area contributed by atoms with E-state index in [9.17, 15) is 4.79 Å². The molecule has 8 heteroatoms. The quantitative estimate of drug-likeness (QED) is 0.500. The maximum atomic E-state index is 12.9. The highest BCUT2D eigenvalue weighted by atomic mass is 35.5. The van der Waals surface area contributed by atoms with Crippen LogP contribution >= 0.6 is 11.6 Å².